The maximum Gasteiger partial charge on any atom is 0.0897 e. The quantitative estimate of drug-likeness (QED) is 0.917. The molecule has 1 aromatic carbocycles. The minimum atomic E-state index is -0.892. The number of benzene rings is 1. The lowest BCUT2D eigenvalue weighted by molar-refractivity contribution is 0.686. The lowest BCUT2D eigenvalue weighted by atomic mass is 10.2. The maximum absolute atomic E-state index is 11.3. The van der Waals surface area contributed by atoms with E-state index in [9.17, 15) is 4.21 Å². The van der Waals surface area contributed by atoms with Crippen molar-refractivity contribution in [1.82, 2.24) is 4.98 Å². The van der Waals surface area contributed by atoms with Gasteiger partial charge in [0.2, 0.25) is 0 Å². The molecule has 0 spiro atoms. The molecule has 1 unspecified atom stereocenters. The third-order valence-corrected chi connectivity index (χ3v) is 4.54. The molecule has 0 bridgehead atoms. The monoisotopic (exact) mass is 314 g/mol. The highest BCUT2D eigenvalue weighted by Crippen LogP contribution is 2.22. The summed E-state index contributed by atoms with van der Waals surface area (Å²) in [5.74, 6) is 0.480. The van der Waals surface area contributed by atoms with Crippen molar-refractivity contribution in [1.29, 1.82) is 0 Å². The summed E-state index contributed by atoms with van der Waals surface area (Å²) in [7, 11) is -0.892. The van der Waals surface area contributed by atoms with Gasteiger partial charge in [0.1, 0.15) is 0 Å². The van der Waals surface area contributed by atoms with Gasteiger partial charge in [-0.3, -0.25) is 4.21 Å². The summed E-state index contributed by atoms with van der Waals surface area (Å²) in [6.45, 7) is 2.73. The molecule has 1 heterocycles. The van der Waals surface area contributed by atoms with Crippen molar-refractivity contribution in [3.05, 3.63) is 44.9 Å². The summed E-state index contributed by atoms with van der Waals surface area (Å²) in [4.78, 5) is 5.41. The Kier molecular flexibility index (Phi) is 4.96. The number of aryl methyl sites for hydroxylation is 1. The smallest absolute Gasteiger partial charge is 0.0897 e. The van der Waals surface area contributed by atoms with E-state index < -0.39 is 10.8 Å². The molecule has 1 atom stereocenters. The first-order valence-electron chi connectivity index (χ1n) is 5.78. The SMILES string of the molecule is Cc1ncc(CNc2ccc(Cl)c(CS(C)=O)c2)s1. The van der Waals surface area contributed by atoms with Crippen LogP contribution >= 0.6 is 22.9 Å². The minimum absolute atomic E-state index is 0.480. The molecule has 0 amide bonds. The van der Waals surface area contributed by atoms with Gasteiger partial charge in [-0.05, 0) is 30.7 Å². The van der Waals surface area contributed by atoms with Gasteiger partial charge in [0.15, 0.2) is 0 Å². The lowest BCUT2D eigenvalue weighted by Gasteiger charge is -2.08. The zero-order valence-electron chi connectivity index (χ0n) is 10.8. The summed E-state index contributed by atoms with van der Waals surface area (Å²) in [5.41, 5.74) is 1.89. The first kappa shape index (κ1) is 14.5. The van der Waals surface area contributed by atoms with Crippen LogP contribution in [0.4, 0.5) is 5.69 Å². The van der Waals surface area contributed by atoms with Gasteiger partial charge in [-0.15, -0.1) is 11.3 Å². The Bertz CT molecular complexity index is 598. The highest BCUT2D eigenvalue weighted by atomic mass is 35.5. The fourth-order valence-electron chi connectivity index (χ4n) is 1.69. The van der Waals surface area contributed by atoms with Crippen molar-refractivity contribution in [2.24, 2.45) is 0 Å². The van der Waals surface area contributed by atoms with Crippen molar-refractivity contribution >= 4 is 39.4 Å². The van der Waals surface area contributed by atoms with E-state index in [1.165, 1.54) is 4.88 Å². The lowest BCUT2D eigenvalue weighted by Crippen LogP contribution is -2.00. The van der Waals surface area contributed by atoms with E-state index in [1.54, 1.807) is 17.6 Å². The number of rotatable bonds is 5. The molecular weight excluding hydrogens is 300 g/mol. The van der Waals surface area contributed by atoms with Gasteiger partial charge >= 0.3 is 0 Å². The topological polar surface area (TPSA) is 42.0 Å². The Labute approximate surface area is 124 Å². The summed E-state index contributed by atoms with van der Waals surface area (Å²) < 4.78 is 11.3. The molecule has 0 radical (unpaired) electrons. The van der Waals surface area contributed by atoms with Gasteiger partial charge in [0, 0.05) is 44.6 Å². The van der Waals surface area contributed by atoms with E-state index in [2.05, 4.69) is 10.3 Å². The Balaban J connectivity index is 2.06. The summed E-state index contributed by atoms with van der Waals surface area (Å²) >= 11 is 7.77. The summed E-state index contributed by atoms with van der Waals surface area (Å²) in [6.07, 6.45) is 3.56. The van der Waals surface area contributed by atoms with Gasteiger partial charge in [-0.25, -0.2) is 4.98 Å². The predicted molar refractivity (Wildman–Crippen MR) is 83.4 cm³/mol. The highest BCUT2D eigenvalue weighted by Gasteiger charge is 2.05. The van der Waals surface area contributed by atoms with Crippen LogP contribution in [0.1, 0.15) is 15.4 Å². The van der Waals surface area contributed by atoms with E-state index in [0.717, 1.165) is 22.8 Å². The van der Waals surface area contributed by atoms with Crippen LogP contribution in [0.25, 0.3) is 0 Å². The van der Waals surface area contributed by atoms with Crippen LogP contribution in [0.5, 0.6) is 0 Å². The number of nitrogens with zero attached hydrogens (tertiary/aromatic N) is 1. The number of hydrogen-bond acceptors (Lipinski definition) is 4. The van der Waals surface area contributed by atoms with Crippen molar-refractivity contribution < 1.29 is 4.21 Å². The van der Waals surface area contributed by atoms with Crippen LogP contribution < -0.4 is 5.32 Å². The molecule has 0 aliphatic rings. The fraction of sp³-hybridized carbons (Fsp3) is 0.308. The number of aromatic nitrogens is 1. The Hall–Kier alpha value is -0.910. The normalized spacial score (nSPS) is 12.4. The molecule has 1 aromatic heterocycles. The van der Waals surface area contributed by atoms with Crippen molar-refractivity contribution in [3.63, 3.8) is 0 Å². The molecule has 1 N–H and O–H groups in total. The molecule has 19 heavy (non-hydrogen) atoms. The number of halogens is 1. The van der Waals surface area contributed by atoms with Gasteiger partial charge in [-0.1, -0.05) is 11.6 Å². The van der Waals surface area contributed by atoms with Crippen molar-refractivity contribution in [2.45, 2.75) is 19.2 Å². The molecular formula is C13H15ClN2OS2. The predicted octanol–water partition coefficient (Wildman–Crippen LogP) is 3.60. The van der Waals surface area contributed by atoms with E-state index in [1.807, 2.05) is 31.3 Å². The van der Waals surface area contributed by atoms with E-state index in [0.29, 0.717) is 10.8 Å². The van der Waals surface area contributed by atoms with Gasteiger partial charge in [-0.2, -0.15) is 0 Å². The molecule has 0 saturated heterocycles. The van der Waals surface area contributed by atoms with Crippen LogP contribution in [0.15, 0.2) is 24.4 Å². The number of nitrogens with one attached hydrogen (secondary N) is 1. The van der Waals surface area contributed by atoms with Crippen molar-refractivity contribution in [3.8, 4) is 0 Å². The zero-order chi connectivity index (χ0) is 13.8. The average Bonchev–Trinajstić information content (AvgIpc) is 2.75. The third-order valence-electron chi connectivity index (χ3n) is 2.54. The Morgan fingerprint density at radius 3 is 2.89 bits per heavy atom. The van der Waals surface area contributed by atoms with Crippen LogP contribution in [0.2, 0.25) is 5.02 Å². The summed E-state index contributed by atoms with van der Waals surface area (Å²) in [5, 5.41) is 5.05. The fourth-order valence-corrected chi connectivity index (χ4v) is 3.37. The van der Waals surface area contributed by atoms with E-state index in [-0.39, 0.29) is 0 Å². The second kappa shape index (κ2) is 6.50. The van der Waals surface area contributed by atoms with Crippen LogP contribution in [0.3, 0.4) is 0 Å². The molecule has 0 saturated carbocycles. The molecule has 0 fully saturated rings. The molecule has 2 aromatic rings. The van der Waals surface area contributed by atoms with E-state index in [4.69, 9.17) is 11.6 Å². The minimum Gasteiger partial charge on any atom is -0.380 e. The Morgan fingerprint density at radius 1 is 1.47 bits per heavy atom. The standard InChI is InChI=1S/C13H15ClN2OS2/c1-9-15-6-12(18-9)7-16-11-3-4-13(14)10(5-11)8-19(2)17/h3-6,16H,7-8H2,1-2H3. The zero-order valence-corrected chi connectivity index (χ0v) is 13.2. The highest BCUT2D eigenvalue weighted by molar-refractivity contribution is 7.83. The van der Waals surface area contributed by atoms with Crippen LogP contribution in [-0.4, -0.2) is 15.4 Å². The number of hydrogen-bond donors (Lipinski definition) is 1. The third kappa shape index (κ3) is 4.30. The second-order valence-corrected chi connectivity index (χ2v) is 7.38. The molecule has 102 valence electrons. The number of thiazole rings is 1. The molecule has 0 aliphatic carbocycles. The Morgan fingerprint density at radius 2 is 2.26 bits per heavy atom. The number of anilines is 1. The molecule has 2 rings (SSSR count). The van der Waals surface area contributed by atoms with E-state index >= 15 is 0 Å². The second-order valence-electron chi connectivity index (χ2n) is 4.22. The molecule has 6 heteroatoms. The van der Waals surface area contributed by atoms with Crippen LogP contribution in [0, 0.1) is 6.92 Å². The van der Waals surface area contributed by atoms with Gasteiger partial charge in [0.05, 0.1) is 11.6 Å². The first-order valence-corrected chi connectivity index (χ1v) is 8.70. The summed E-state index contributed by atoms with van der Waals surface area (Å²) in [6, 6.07) is 5.72. The first-order chi connectivity index (χ1) is 9.04. The van der Waals surface area contributed by atoms with Crippen LogP contribution in [-0.2, 0) is 23.1 Å². The molecule has 3 nitrogen and oxygen atoms in total. The van der Waals surface area contributed by atoms with Gasteiger partial charge in [0.25, 0.3) is 0 Å². The van der Waals surface area contributed by atoms with Gasteiger partial charge < -0.3 is 5.32 Å². The average molecular weight is 315 g/mol. The maximum atomic E-state index is 11.3. The largest absolute Gasteiger partial charge is 0.380 e. The van der Waals surface area contributed by atoms with Crippen molar-refractivity contribution in [2.75, 3.05) is 11.6 Å². The molecule has 0 aliphatic heterocycles.